The fraction of sp³-hybridized carbons (Fsp3) is 0. The topological polar surface area (TPSA) is 0 Å². The van der Waals surface area contributed by atoms with Gasteiger partial charge in [0.2, 0.25) is 0 Å². The van der Waals surface area contributed by atoms with Crippen molar-refractivity contribution in [3.05, 3.63) is 0 Å². The summed E-state index contributed by atoms with van der Waals surface area (Å²) < 4.78 is -5.89. The third kappa shape index (κ3) is 105. The molecule has 0 aliphatic rings. The van der Waals surface area contributed by atoms with Crippen molar-refractivity contribution in [2.24, 2.45) is 0 Å². The van der Waals surface area contributed by atoms with Gasteiger partial charge in [0.1, 0.15) is 0 Å². The minimum Gasteiger partial charge on any atom is -0.794 e. The second kappa shape index (κ2) is 46.4. The minimum absolute atomic E-state index is 0. The molecule has 0 aromatic carbocycles. The molecule has 24 heteroatoms. The maximum absolute atomic E-state index is 4.59. The first kappa shape index (κ1) is 69.6. The Labute approximate surface area is 590 Å². The Morgan fingerprint density at radius 1 is 0.500 bits per heavy atom. The summed E-state index contributed by atoms with van der Waals surface area (Å²) >= 11 is 53.9. The standard InChI is InChI=1S/6Cs.In.2H3PS5.H3PS4/c;;;;;;;2*2-1(3,4)6-5;2-1(3,4)5/h;;;;;;;2*5H,(H2,2,3,4);(H3,2,3,4,5)/q6*+1;+3;;;/p-9. The summed E-state index contributed by atoms with van der Waals surface area (Å²) in [5, 5.41) is 0. The van der Waals surface area contributed by atoms with E-state index in [4.69, 9.17) is 0 Å². The van der Waals surface area contributed by atoms with Gasteiger partial charge >= 0.3 is 439 Å². The van der Waals surface area contributed by atoms with Crippen LogP contribution in [0.1, 0.15) is 0 Å². The molecule has 0 aliphatic heterocycles. The molecule has 0 fully saturated rings. The Morgan fingerprint density at radius 2 is 0.542 bits per heavy atom. The first-order chi connectivity index (χ1) is 7.12. The summed E-state index contributed by atoms with van der Waals surface area (Å²) in [5.74, 6) is 0. The predicted molar refractivity (Wildman–Crippen MR) is 130 cm³/mol. The van der Waals surface area contributed by atoms with E-state index in [0.29, 0.717) is 0 Å². The molecule has 0 unspecified atom stereocenters. The zero-order chi connectivity index (χ0) is 14.9. The average Bonchev–Trinajstić information content (AvgIpc) is 2.00. The SMILES string of the molecule is S=P([S-])([S-])S[S-].S=P([S-])([S-])S[S-].S=P([S-])([S-])[S-].[Cs+].[Cs+].[Cs+].[Cs+].[Cs+].[Cs+].[In+3]. The van der Waals surface area contributed by atoms with Crippen LogP contribution in [0.5, 0.6) is 0 Å². The van der Waals surface area contributed by atoms with Crippen molar-refractivity contribution in [1.29, 1.82) is 0 Å². The van der Waals surface area contributed by atoms with Gasteiger partial charge < -0.3 is 134 Å². The van der Waals surface area contributed by atoms with E-state index in [9.17, 15) is 0 Å². The fourth-order valence-electron chi connectivity index (χ4n) is 0. The molecule has 0 N–H and O–H groups in total. The van der Waals surface area contributed by atoms with Gasteiger partial charge in [0.15, 0.2) is 0 Å². The molecule has 0 rings (SSSR count). The van der Waals surface area contributed by atoms with Crippen molar-refractivity contribution < 1.29 is 413 Å². The maximum Gasteiger partial charge on any atom is 3.00 e. The number of hydrogen-bond acceptors (Lipinski definition) is 14. The molecule has 108 valence electrons. The Bertz CT molecular complexity index is 290. The van der Waals surface area contributed by atoms with E-state index >= 15 is 0 Å². The summed E-state index contributed by atoms with van der Waals surface area (Å²) in [4.78, 5) is 0. The van der Waals surface area contributed by atoms with Crippen LogP contribution in [0.2, 0.25) is 0 Å². The molecule has 0 saturated heterocycles. The predicted octanol–water partition coefficient (Wildman–Crippen LogP) is -14.5. The molecular weight excluding hydrogens is 1450 g/mol. The van der Waals surface area contributed by atoms with Crippen LogP contribution in [0.3, 0.4) is 0 Å². The summed E-state index contributed by atoms with van der Waals surface area (Å²) in [7, 11) is 2.04. The van der Waals surface area contributed by atoms with Crippen LogP contribution in [0.15, 0.2) is 0 Å². The molecule has 24 heavy (non-hydrogen) atoms. The van der Waals surface area contributed by atoms with E-state index in [1.807, 2.05) is 0 Å². The van der Waals surface area contributed by atoms with E-state index in [-0.39, 0.29) is 439 Å². The zero-order valence-corrected chi connectivity index (χ0v) is 68.7. The summed E-state index contributed by atoms with van der Waals surface area (Å²) in [6.45, 7) is 0. The van der Waals surface area contributed by atoms with Crippen LogP contribution in [-0.2, 0) is 144 Å². The summed E-state index contributed by atoms with van der Waals surface area (Å²) in [5.41, 5.74) is 0. The Balaban J connectivity index is -0.0000000134. The van der Waals surface area contributed by atoms with Crippen molar-refractivity contribution in [2.75, 3.05) is 0 Å². The zero-order valence-electron chi connectivity index (χ0n) is 13.6. The molecule has 0 aliphatic carbocycles. The van der Waals surface area contributed by atoms with Crippen molar-refractivity contribution in [3.63, 3.8) is 0 Å². The molecule has 0 saturated carbocycles. The first-order valence-corrected chi connectivity index (χ1v) is 22.7. The van der Waals surface area contributed by atoms with Crippen molar-refractivity contribution in [1.82, 2.24) is 0 Å². The summed E-state index contributed by atoms with van der Waals surface area (Å²) in [6.07, 6.45) is 0. The third-order valence-electron chi connectivity index (χ3n) is 0.183. The first-order valence-electron chi connectivity index (χ1n) is 2.52. The average molecular weight is 1450 g/mol. The number of rotatable bonds is 2. The number of hydrogen-bond donors (Lipinski definition) is 0. The third-order valence-corrected chi connectivity index (χ3v) is 14.8. The molecule has 0 bridgehead atoms. The molecule has 0 atom stereocenters. The van der Waals surface area contributed by atoms with Crippen molar-refractivity contribution in [2.45, 2.75) is 0 Å². The monoisotopic (exact) mass is 1450 g/mol. The van der Waals surface area contributed by atoms with Gasteiger partial charge in [0.05, 0.1) is 0 Å². The van der Waals surface area contributed by atoms with Crippen LogP contribution in [0.25, 0.3) is 0 Å². The molecule has 0 aromatic heterocycles. The molecule has 0 spiro atoms. The van der Waals surface area contributed by atoms with E-state index < -0.39 is 10.9 Å². The molecule has 0 radical (unpaired) electrons. The largest absolute Gasteiger partial charge is 3.00 e. The Morgan fingerprint density at radius 3 is 0.542 bits per heavy atom. The van der Waals surface area contributed by atoms with E-state index in [2.05, 4.69) is 144 Å². The second-order valence-electron chi connectivity index (χ2n) is 1.49. The van der Waals surface area contributed by atoms with Crippen LogP contribution in [0.4, 0.5) is 0 Å². The molecule has 0 heterocycles. The second-order valence-corrected chi connectivity index (χ2v) is 40.2. The van der Waals surface area contributed by atoms with Crippen LogP contribution in [0, 0.1) is 0 Å². The van der Waals surface area contributed by atoms with Gasteiger partial charge in [-0.25, -0.2) is 0 Å². The van der Waals surface area contributed by atoms with E-state index in [1.165, 1.54) is 0 Å². The van der Waals surface area contributed by atoms with E-state index in [0.717, 1.165) is 20.8 Å². The Hall–Kier alpha value is 19.0. The van der Waals surface area contributed by atoms with Gasteiger partial charge in [-0.05, 0) is 0 Å². The minimum atomic E-state index is -2.06. The molecular formula is Cs6InP3S14. The normalized spacial score (nSPS) is 8.38. The quantitative estimate of drug-likeness (QED) is 0.146. The molecule has 0 aromatic rings. The van der Waals surface area contributed by atoms with Crippen molar-refractivity contribution >= 4 is 202 Å². The smallest absolute Gasteiger partial charge is 0.794 e. The maximum atomic E-state index is 4.59. The van der Waals surface area contributed by atoms with Gasteiger partial charge in [0.25, 0.3) is 0 Å². The fourth-order valence-corrected chi connectivity index (χ4v) is 0. The van der Waals surface area contributed by atoms with Crippen LogP contribution in [-0.4, -0.2) is 25.8 Å². The van der Waals surface area contributed by atoms with Crippen molar-refractivity contribution in [3.8, 4) is 0 Å². The molecule has 0 nitrogen and oxygen atoms in total. The van der Waals surface area contributed by atoms with Gasteiger partial charge in [-0.3, -0.25) is 7.29 Å². The van der Waals surface area contributed by atoms with E-state index in [1.54, 1.807) is 0 Å². The van der Waals surface area contributed by atoms with Gasteiger partial charge in [-0.15, -0.1) is 23.6 Å². The van der Waals surface area contributed by atoms with Crippen LogP contribution >= 0.6 is 31.8 Å². The van der Waals surface area contributed by atoms with Gasteiger partial charge in [0, 0.05) is 0 Å². The Kier molecular flexibility index (Phi) is 135. The van der Waals surface area contributed by atoms with Gasteiger partial charge in [-0.2, -0.15) is 11.8 Å². The van der Waals surface area contributed by atoms with Gasteiger partial charge in [-0.1, -0.05) is 0 Å². The molecule has 0 amide bonds. The summed E-state index contributed by atoms with van der Waals surface area (Å²) in [6, 6.07) is 0. The van der Waals surface area contributed by atoms with Crippen LogP contribution < -0.4 is 413 Å².